The zero-order chi connectivity index (χ0) is 13.5. The van der Waals surface area contributed by atoms with Crippen molar-refractivity contribution in [2.24, 2.45) is 0 Å². The van der Waals surface area contributed by atoms with Crippen molar-refractivity contribution < 1.29 is 14.3 Å². The van der Waals surface area contributed by atoms with E-state index in [4.69, 9.17) is 9.47 Å². The van der Waals surface area contributed by atoms with Crippen LogP contribution >= 0.6 is 0 Å². The monoisotopic (exact) mass is 264 g/mol. The second-order valence-corrected chi connectivity index (χ2v) is 4.52. The number of amides is 1. The third kappa shape index (κ3) is 4.54. The van der Waals surface area contributed by atoms with Gasteiger partial charge in [-0.2, -0.15) is 0 Å². The Kier molecular flexibility index (Phi) is 5.18. The van der Waals surface area contributed by atoms with Gasteiger partial charge in [0, 0.05) is 19.6 Å². The molecule has 1 amide bonds. The number of ether oxygens (including phenoxy) is 2. The molecule has 1 aliphatic heterocycles. The Labute approximate surface area is 113 Å². The molecule has 1 fully saturated rings. The maximum atomic E-state index is 11.8. The summed E-state index contributed by atoms with van der Waals surface area (Å²) < 4.78 is 10.4. The highest BCUT2D eigenvalue weighted by atomic mass is 16.5. The lowest BCUT2D eigenvalue weighted by Gasteiger charge is -2.25. The summed E-state index contributed by atoms with van der Waals surface area (Å²) in [5.41, 5.74) is 1.04. The van der Waals surface area contributed by atoms with Gasteiger partial charge in [0.05, 0.1) is 26.9 Å². The number of rotatable bonds is 5. The number of hydrogen-bond acceptors (Lipinski definition) is 4. The van der Waals surface area contributed by atoms with E-state index in [9.17, 15) is 4.79 Å². The summed E-state index contributed by atoms with van der Waals surface area (Å²) in [5, 5.41) is 2.92. The molecule has 1 aromatic carbocycles. The maximum absolute atomic E-state index is 11.8. The Balaban J connectivity index is 1.76. The van der Waals surface area contributed by atoms with E-state index >= 15 is 0 Å². The smallest absolute Gasteiger partial charge is 0.234 e. The molecule has 19 heavy (non-hydrogen) atoms. The van der Waals surface area contributed by atoms with Gasteiger partial charge in [0.25, 0.3) is 0 Å². The number of carbonyl (C=O) groups is 1. The van der Waals surface area contributed by atoms with Crippen LogP contribution in [0, 0.1) is 0 Å². The largest absolute Gasteiger partial charge is 0.497 e. The molecule has 0 aromatic heterocycles. The fourth-order valence-electron chi connectivity index (χ4n) is 2.00. The topological polar surface area (TPSA) is 50.8 Å². The first kappa shape index (κ1) is 13.8. The van der Waals surface area contributed by atoms with Crippen LogP contribution in [-0.2, 0) is 16.1 Å². The van der Waals surface area contributed by atoms with Crippen molar-refractivity contribution in [1.29, 1.82) is 0 Å². The maximum Gasteiger partial charge on any atom is 0.234 e. The van der Waals surface area contributed by atoms with E-state index in [1.807, 2.05) is 24.3 Å². The molecule has 5 nitrogen and oxygen atoms in total. The van der Waals surface area contributed by atoms with E-state index in [2.05, 4.69) is 10.2 Å². The highest BCUT2D eigenvalue weighted by molar-refractivity contribution is 5.78. The lowest BCUT2D eigenvalue weighted by molar-refractivity contribution is -0.123. The minimum atomic E-state index is 0.0460. The number of benzene rings is 1. The summed E-state index contributed by atoms with van der Waals surface area (Å²) in [5.74, 6) is 0.852. The molecular formula is C14H20N2O3. The van der Waals surface area contributed by atoms with Gasteiger partial charge in [0.1, 0.15) is 5.75 Å². The number of morpholine rings is 1. The summed E-state index contributed by atoms with van der Waals surface area (Å²) >= 11 is 0. The molecule has 0 atom stereocenters. The third-order valence-corrected chi connectivity index (χ3v) is 3.09. The molecule has 1 aromatic rings. The van der Waals surface area contributed by atoms with Gasteiger partial charge in [-0.3, -0.25) is 9.69 Å². The van der Waals surface area contributed by atoms with Crippen LogP contribution < -0.4 is 10.1 Å². The van der Waals surface area contributed by atoms with E-state index < -0.39 is 0 Å². The SMILES string of the molecule is COc1cccc(CNC(=O)CN2CCOCC2)c1. The van der Waals surface area contributed by atoms with Gasteiger partial charge in [-0.15, -0.1) is 0 Å². The van der Waals surface area contributed by atoms with E-state index in [1.165, 1.54) is 0 Å². The van der Waals surface area contributed by atoms with Crippen molar-refractivity contribution in [3.8, 4) is 5.75 Å². The molecule has 5 heteroatoms. The molecule has 0 bridgehead atoms. The Morgan fingerprint density at radius 2 is 2.21 bits per heavy atom. The first-order valence-electron chi connectivity index (χ1n) is 6.47. The van der Waals surface area contributed by atoms with Crippen LogP contribution in [0.1, 0.15) is 5.56 Å². The molecule has 0 radical (unpaired) electrons. The lowest BCUT2D eigenvalue weighted by Crippen LogP contribution is -2.43. The van der Waals surface area contributed by atoms with Gasteiger partial charge in [-0.1, -0.05) is 12.1 Å². The van der Waals surface area contributed by atoms with Crippen LogP contribution in [0.5, 0.6) is 5.75 Å². The van der Waals surface area contributed by atoms with Crippen LogP contribution in [0.25, 0.3) is 0 Å². The zero-order valence-electron chi connectivity index (χ0n) is 11.2. The summed E-state index contributed by atoms with van der Waals surface area (Å²) in [6, 6.07) is 7.70. The average molecular weight is 264 g/mol. The van der Waals surface area contributed by atoms with E-state index in [1.54, 1.807) is 7.11 Å². The second kappa shape index (κ2) is 7.11. The minimum absolute atomic E-state index is 0.0460. The van der Waals surface area contributed by atoms with Crippen LogP contribution in [0.3, 0.4) is 0 Å². The van der Waals surface area contributed by atoms with Crippen molar-refractivity contribution in [2.45, 2.75) is 6.54 Å². The molecular weight excluding hydrogens is 244 g/mol. The molecule has 1 heterocycles. The number of nitrogens with one attached hydrogen (secondary N) is 1. The third-order valence-electron chi connectivity index (χ3n) is 3.09. The predicted octanol–water partition coefficient (Wildman–Crippen LogP) is 0.644. The van der Waals surface area contributed by atoms with Crippen LogP contribution in [0.4, 0.5) is 0 Å². The van der Waals surface area contributed by atoms with E-state index in [0.29, 0.717) is 26.3 Å². The second-order valence-electron chi connectivity index (χ2n) is 4.52. The Morgan fingerprint density at radius 1 is 1.42 bits per heavy atom. The predicted molar refractivity (Wildman–Crippen MR) is 72.1 cm³/mol. The summed E-state index contributed by atoms with van der Waals surface area (Å²) in [4.78, 5) is 13.9. The van der Waals surface area contributed by atoms with Crippen LogP contribution in [0.15, 0.2) is 24.3 Å². The number of nitrogens with zero attached hydrogens (tertiary/aromatic N) is 1. The van der Waals surface area contributed by atoms with Crippen molar-refractivity contribution in [3.63, 3.8) is 0 Å². The Bertz CT molecular complexity index is 417. The Morgan fingerprint density at radius 3 is 2.95 bits per heavy atom. The summed E-state index contributed by atoms with van der Waals surface area (Å²) in [6.07, 6.45) is 0. The van der Waals surface area contributed by atoms with E-state index in [-0.39, 0.29) is 5.91 Å². The van der Waals surface area contributed by atoms with Gasteiger partial charge in [-0.05, 0) is 17.7 Å². The van der Waals surface area contributed by atoms with Crippen molar-refractivity contribution >= 4 is 5.91 Å². The highest BCUT2D eigenvalue weighted by Gasteiger charge is 2.13. The minimum Gasteiger partial charge on any atom is -0.497 e. The van der Waals surface area contributed by atoms with Crippen LogP contribution in [0.2, 0.25) is 0 Å². The fraction of sp³-hybridized carbons (Fsp3) is 0.500. The number of carbonyl (C=O) groups excluding carboxylic acids is 1. The Hall–Kier alpha value is -1.59. The first-order chi connectivity index (χ1) is 9.28. The number of hydrogen-bond donors (Lipinski definition) is 1. The van der Waals surface area contributed by atoms with Gasteiger partial charge < -0.3 is 14.8 Å². The van der Waals surface area contributed by atoms with Crippen LogP contribution in [-0.4, -0.2) is 50.8 Å². The van der Waals surface area contributed by atoms with Gasteiger partial charge in [-0.25, -0.2) is 0 Å². The quantitative estimate of drug-likeness (QED) is 0.848. The van der Waals surface area contributed by atoms with Gasteiger partial charge >= 0.3 is 0 Å². The first-order valence-corrected chi connectivity index (χ1v) is 6.47. The normalized spacial score (nSPS) is 16.1. The molecule has 0 spiro atoms. The lowest BCUT2D eigenvalue weighted by atomic mass is 10.2. The van der Waals surface area contributed by atoms with Gasteiger partial charge in [0.2, 0.25) is 5.91 Å². The standard InChI is InChI=1S/C14H20N2O3/c1-18-13-4-2-3-12(9-13)10-15-14(17)11-16-5-7-19-8-6-16/h2-4,9H,5-8,10-11H2,1H3,(H,15,17). The molecule has 0 unspecified atom stereocenters. The molecule has 1 N–H and O–H groups in total. The van der Waals surface area contributed by atoms with Crippen molar-refractivity contribution in [2.75, 3.05) is 40.0 Å². The van der Waals surface area contributed by atoms with E-state index in [0.717, 1.165) is 24.4 Å². The average Bonchev–Trinajstić information content (AvgIpc) is 2.46. The zero-order valence-corrected chi connectivity index (χ0v) is 11.2. The van der Waals surface area contributed by atoms with Crippen molar-refractivity contribution in [3.05, 3.63) is 29.8 Å². The molecule has 0 saturated carbocycles. The summed E-state index contributed by atoms with van der Waals surface area (Å²) in [7, 11) is 1.64. The van der Waals surface area contributed by atoms with Gasteiger partial charge in [0.15, 0.2) is 0 Å². The molecule has 2 rings (SSSR count). The molecule has 0 aliphatic carbocycles. The molecule has 104 valence electrons. The van der Waals surface area contributed by atoms with Crippen molar-refractivity contribution in [1.82, 2.24) is 10.2 Å². The highest BCUT2D eigenvalue weighted by Crippen LogP contribution is 2.12. The fourth-order valence-corrected chi connectivity index (χ4v) is 2.00. The number of methoxy groups -OCH3 is 1. The molecule has 1 saturated heterocycles. The summed E-state index contributed by atoms with van der Waals surface area (Å²) in [6.45, 7) is 4.04. The molecule has 1 aliphatic rings.